The van der Waals surface area contributed by atoms with Crippen molar-refractivity contribution in [1.82, 2.24) is 15.5 Å². The van der Waals surface area contributed by atoms with Crippen molar-refractivity contribution >= 4 is 23.4 Å². The van der Waals surface area contributed by atoms with Crippen molar-refractivity contribution in [3.05, 3.63) is 106 Å². The van der Waals surface area contributed by atoms with Crippen LogP contribution in [0.2, 0.25) is 5.02 Å². The molecule has 1 heterocycles. The minimum Gasteiger partial charge on any atom is -0.352 e. The first-order chi connectivity index (χ1) is 18.1. The molecule has 5 nitrogen and oxygen atoms in total. The Balaban J connectivity index is 1.31. The van der Waals surface area contributed by atoms with Gasteiger partial charge in [-0.2, -0.15) is 13.2 Å². The van der Waals surface area contributed by atoms with Crippen LogP contribution in [-0.2, 0) is 24.1 Å². The second-order valence-corrected chi connectivity index (χ2v) is 10.0. The highest BCUT2D eigenvalue weighted by atomic mass is 35.5. The molecule has 0 unspecified atom stereocenters. The lowest BCUT2D eigenvalue weighted by Crippen LogP contribution is -2.45. The third-order valence-electron chi connectivity index (χ3n) is 6.85. The van der Waals surface area contributed by atoms with Crippen LogP contribution in [0.25, 0.3) is 0 Å². The van der Waals surface area contributed by atoms with Crippen LogP contribution in [0, 0.1) is 5.92 Å². The Morgan fingerprint density at radius 3 is 2.21 bits per heavy atom. The molecule has 1 aliphatic rings. The second kappa shape index (κ2) is 12.0. The number of alkyl halides is 3. The Morgan fingerprint density at radius 1 is 0.947 bits per heavy atom. The van der Waals surface area contributed by atoms with Crippen LogP contribution < -0.4 is 10.6 Å². The first kappa shape index (κ1) is 27.7. The lowest BCUT2D eigenvalue weighted by molar-refractivity contribution is -0.137. The second-order valence-electron chi connectivity index (χ2n) is 9.61. The van der Waals surface area contributed by atoms with Gasteiger partial charge >= 0.3 is 6.18 Å². The molecule has 1 saturated heterocycles. The van der Waals surface area contributed by atoms with E-state index >= 15 is 0 Å². The lowest BCUT2D eigenvalue weighted by atomic mass is 9.80. The van der Waals surface area contributed by atoms with Crippen LogP contribution in [0.1, 0.15) is 45.0 Å². The van der Waals surface area contributed by atoms with Gasteiger partial charge in [0.25, 0.3) is 5.91 Å². The van der Waals surface area contributed by atoms with Gasteiger partial charge in [0.2, 0.25) is 5.91 Å². The van der Waals surface area contributed by atoms with Crippen molar-refractivity contribution < 1.29 is 22.8 Å². The molecular weight excluding hydrogens is 515 g/mol. The normalized spacial score (nSPS) is 18.1. The molecule has 3 aromatic rings. The Morgan fingerprint density at radius 2 is 1.58 bits per heavy atom. The van der Waals surface area contributed by atoms with Gasteiger partial charge in [-0.25, -0.2) is 0 Å². The zero-order chi connectivity index (χ0) is 27.3. The highest BCUT2D eigenvalue weighted by Gasteiger charge is 2.34. The van der Waals surface area contributed by atoms with Gasteiger partial charge in [-0.3, -0.25) is 9.59 Å². The molecule has 9 heteroatoms. The smallest absolute Gasteiger partial charge is 0.352 e. The fourth-order valence-corrected chi connectivity index (χ4v) is 4.83. The number of halogens is 4. The van der Waals surface area contributed by atoms with Gasteiger partial charge in [-0.05, 0) is 73.0 Å². The van der Waals surface area contributed by atoms with E-state index in [4.69, 9.17) is 11.6 Å². The predicted octanol–water partition coefficient (Wildman–Crippen LogP) is 5.64. The maximum absolute atomic E-state index is 13.2. The Hall–Kier alpha value is -3.36. The number of amides is 2. The maximum atomic E-state index is 13.2. The van der Waals surface area contributed by atoms with E-state index in [-0.39, 0.29) is 29.9 Å². The number of nitrogens with zero attached hydrogens (tertiary/aromatic N) is 1. The summed E-state index contributed by atoms with van der Waals surface area (Å²) in [6, 6.07) is 19.4. The Kier molecular flexibility index (Phi) is 8.74. The summed E-state index contributed by atoms with van der Waals surface area (Å²) < 4.78 is 38.7. The molecular formula is C29H29ClF3N3O2. The van der Waals surface area contributed by atoms with Gasteiger partial charge in [-0.1, -0.05) is 54.1 Å². The highest BCUT2D eigenvalue weighted by Crippen LogP contribution is 2.33. The zero-order valence-corrected chi connectivity index (χ0v) is 21.6. The molecule has 2 atom stereocenters. The summed E-state index contributed by atoms with van der Waals surface area (Å²) in [6.07, 6.45) is -3.62. The number of hydrogen-bond acceptors (Lipinski definition) is 3. The highest BCUT2D eigenvalue weighted by molar-refractivity contribution is 6.30. The number of benzene rings is 3. The van der Waals surface area contributed by atoms with E-state index in [1.54, 1.807) is 0 Å². The molecule has 1 fully saturated rings. The van der Waals surface area contributed by atoms with Crippen molar-refractivity contribution in [3.8, 4) is 0 Å². The predicted molar refractivity (Wildman–Crippen MR) is 141 cm³/mol. The summed E-state index contributed by atoms with van der Waals surface area (Å²) in [5.41, 5.74) is 1.88. The number of nitrogens with one attached hydrogen (secondary N) is 2. The van der Waals surface area contributed by atoms with Crippen molar-refractivity contribution in [2.75, 3.05) is 20.1 Å². The molecule has 1 aliphatic heterocycles. The zero-order valence-electron chi connectivity index (χ0n) is 20.9. The van der Waals surface area contributed by atoms with E-state index in [1.165, 1.54) is 12.1 Å². The van der Waals surface area contributed by atoms with Crippen LogP contribution >= 0.6 is 11.6 Å². The van der Waals surface area contributed by atoms with Crippen LogP contribution in [0.5, 0.6) is 0 Å². The number of likely N-dealkylation sites (tertiary alicyclic amines) is 1. The van der Waals surface area contributed by atoms with Gasteiger partial charge in [0, 0.05) is 30.2 Å². The van der Waals surface area contributed by atoms with Gasteiger partial charge in [0.05, 0.1) is 11.5 Å². The lowest BCUT2D eigenvalue weighted by Gasteiger charge is -2.36. The van der Waals surface area contributed by atoms with E-state index in [0.717, 1.165) is 41.8 Å². The van der Waals surface area contributed by atoms with Crippen LogP contribution in [0.4, 0.5) is 13.2 Å². The van der Waals surface area contributed by atoms with Gasteiger partial charge in [0.15, 0.2) is 0 Å². The molecule has 0 radical (unpaired) electrons. The molecule has 0 aliphatic carbocycles. The molecule has 2 N–H and O–H groups in total. The fraction of sp³-hybridized carbons (Fsp3) is 0.310. The van der Waals surface area contributed by atoms with Crippen molar-refractivity contribution in [2.24, 2.45) is 5.92 Å². The van der Waals surface area contributed by atoms with E-state index in [1.807, 2.05) is 55.6 Å². The first-order valence-corrected chi connectivity index (χ1v) is 12.7. The molecule has 200 valence electrons. The van der Waals surface area contributed by atoms with Crippen molar-refractivity contribution in [3.63, 3.8) is 0 Å². The monoisotopic (exact) mass is 543 g/mol. The van der Waals surface area contributed by atoms with E-state index in [2.05, 4.69) is 15.5 Å². The van der Waals surface area contributed by atoms with Gasteiger partial charge < -0.3 is 15.5 Å². The fourth-order valence-electron chi connectivity index (χ4n) is 4.71. The molecule has 0 aromatic heterocycles. The SMILES string of the molecule is CN1CC[C@@H](c2ccc(Cl)cc2)[C@H](C(=O)NCc2ccc(CNC(=O)c3cccc(C(F)(F)F)c3)cc2)C1. The van der Waals surface area contributed by atoms with Crippen molar-refractivity contribution in [2.45, 2.75) is 31.6 Å². The third kappa shape index (κ3) is 7.14. The average Bonchev–Trinajstić information content (AvgIpc) is 2.91. The molecule has 0 spiro atoms. The molecule has 4 rings (SSSR count). The summed E-state index contributed by atoms with van der Waals surface area (Å²) in [6.45, 7) is 2.12. The molecule has 3 aromatic carbocycles. The Labute approximate surface area is 225 Å². The number of carbonyl (C=O) groups excluding carboxylic acids is 2. The van der Waals surface area contributed by atoms with E-state index < -0.39 is 17.6 Å². The average molecular weight is 544 g/mol. The standard InChI is InChI=1S/C29H29ClF3N3O2/c1-36-14-13-25(21-9-11-24(30)12-10-21)26(18-36)28(38)35-17-20-7-5-19(6-8-20)16-34-27(37)22-3-2-4-23(15-22)29(31,32)33/h2-12,15,25-26H,13-14,16-18H2,1H3,(H,34,37)(H,35,38)/t25-,26+/m0/s1. The largest absolute Gasteiger partial charge is 0.416 e. The summed E-state index contributed by atoms with van der Waals surface area (Å²) in [4.78, 5) is 27.6. The van der Waals surface area contributed by atoms with Gasteiger partial charge in [0.1, 0.15) is 0 Å². The molecule has 0 saturated carbocycles. The number of hydrogen-bond donors (Lipinski definition) is 2. The van der Waals surface area contributed by atoms with Gasteiger partial charge in [-0.15, -0.1) is 0 Å². The summed E-state index contributed by atoms with van der Waals surface area (Å²) in [5.74, 6) is -0.652. The topological polar surface area (TPSA) is 61.4 Å². The van der Waals surface area contributed by atoms with Crippen LogP contribution in [0.15, 0.2) is 72.8 Å². The third-order valence-corrected chi connectivity index (χ3v) is 7.10. The number of carbonyl (C=O) groups is 2. The summed E-state index contributed by atoms with van der Waals surface area (Å²) in [7, 11) is 2.02. The molecule has 0 bridgehead atoms. The quantitative estimate of drug-likeness (QED) is 0.405. The summed E-state index contributed by atoms with van der Waals surface area (Å²) >= 11 is 6.04. The minimum atomic E-state index is -4.51. The number of rotatable bonds is 7. The number of piperidine rings is 1. The van der Waals surface area contributed by atoms with Crippen molar-refractivity contribution in [1.29, 1.82) is 0 Å². The van der Waals surface area contributed by atoms with Crippen LogP contribution in [-0.4, -0.2) is 36.9 Å². The van der Waals surface area contributed by atoms with Crippen LogP contribution in [0.3, 0.4) is 0 Å². The minimum absolute atomic E-state index is 0.00562. The molecule has 2 amide bonds. The van der Waals surface area contributed by atoms with E-state index in [0.29, 0.717) is 18.1 Å². The first-order valence-electron chi connectivity index (χ1n) is 12.3. The maximum Gasteiger partial charge on any atom is 0.416 e. The Bertz CT molecular complexity index is 1260. The van der Waals surface area contributed by atoms with E-state index in [9.17, 15) is 22.8 Å². The molecule has 38 heavy (non-hydrogen) atoms. The summed E-state index contributed by atoms with van der Waals surface area (Å²) in [5, 5.41) is 6.37.